The van der Waals surface area contributed by atoms with Crippen LogP contribution in [0.3, 0.4) is 0 Å². The van der Waals surface area contributed by atoms with E-state index in [-0.39, 0.29) is 18.0 Å². The monoisotopic (exact) mass is 576 g/mol. The van der Waals surface area contributed by atoms with Crippen LogP contribution in [0.5, 0.6) is 5.75 Å². The SMILES string of the molecule is CCN1/C(=C/C=C2/S/C(=N\c3nc4ccccc4s3)N(CCCCCC(=O)OC(C)C)C2=O)Oc2ccccc21. The van der Waals surface area contributed by atoms with Gasteiger partial charge in [-0.3, -0.25) is 14.5 Å². The van der Waals surface area contributed by atoms with Crippen LogP contribution in [0.15, 0.2) is 76.5 Å². The molecule has 208 valence electrons. The molecule has 10 heteroatoms. The highest BCUT2D eigenvalue weighted by Gasteiger charge is 2.33. The maximum absolute atomic E-state index is 13.5. The molecule has 0 N–H and O–H groups in total. The lowest BCUT2D eigenvalue weighted by Gasteiger charge is -2.15. The average Bonchev–Trinajstić information content (AvgIpc) is 3.59. The Morgan fingerprint density at radius 2 is 1.88 bits per heavy atom. The zero-order valence-corrected chi connectivity index (χ0v) is 24.5. The van der Waals surface area contributed by atoms with Gasteiger partial charge in [-0.2, -0.15) is 4.99 Å². The summed E-state index contributed by atoms with van der Waals surface area (Å²) < 4.78 is 12.3. The molecule has 40 heavy (non-hydrogen) atoms. The minimum absolute atomic E-state index is 0.0977. The Labute approximate surface area is 242 Å². The van der Waals surface area contributed by atoms with E-state index in [0.29, 0.717) is 40.5 Å². The topological polar surface area (TPSA) is 84.3 Å². The van der Waals surface area contributed by atoms with Crippen molar-refractivity contribution in [1.82, 2.24) is 9.88 Å². The van der Waals surface area contributed by atoms with Crippen molar-refractivity contribution in [2.45, 2.75) is 52.6 Å². The van der Waals surface area contributed by atoms with Crippen molar-refractivity contribution in [1.29, 1.82) is 0 Å². The number of amidine groups is 1. The molecule has 0 unspecified atom stereocenters. The first-order chi connectivity index (χ1) is 19.4. The number of amides is 1. The average molecular weight is 577 g/mol. The first kappa shape index (κ1) is 27.9. The second kappa shape index (κ2) is 12.7. The normalized spacial score (nSPS) is 18.0. The number of carbonyl (C=O) groups excluding carboxylic acids is 2. The van der Waals surface area contributed by atoms with Crippen LogP contribution >= 0.6 is 23.1 Å². The number of esters is 1. The van der Waals surface area contributed by atoms with E-state index in [1.807, 2.05) is 74.5 Å². The van der Waals surface area contributed by atoms with E-state index in [2.05, 4.69) is 16.8 Å². The van der Waals surface area contributed by atoms with Crippen molar-refractivity contribution in [3.05, 3.63) is 71.5 Å². The van der Waals surface area contributed by atoms with Gasteiger partial charge in [0.1, 0.15) is 0 Å². The number of thiazole rings is 1. The number of fused-ring (bicyclic) bond motifs is 2. The molecular weight excluding hydrogens is 544 g/mol. The number of aromatic nitrogens is 1. The minimum Gasteiger partial charge on any atom is -0.463 e. The lowest BCUT2D eigenvalue weighted by atomic mass is 10.2. The molecule has 0 bridgehead atoms. The number of carbonyl (C=O) groups is 2. The smallest absolute Gasteiger partial charge is 0.306 e. The van der Waals surface area contributed by atoms with Crippen LogP contribution in [0.1, 0.15) is 46.5 Å². The van der Waals surface area contributed by atoms with E-state index < -0.39 is 0 Å². The predicted octanol–water partition coefficient (Wildman–Crippen LogP) is 7.02. The standard InChI is InChI=1S/C30H32N4O4S2/c1-4-33-22-13-8-9-14-23(22)38-26(33)18-17-25-28(36)34(19-11-5-6-16-27(35)37-20(2)3)30(40-25)32-29-31-21-12-7-10-15-24(21)39-29/h7-10,12-15,17-18,20H,4-6,11,16,19H2,1-3H3/b25-17+,26-18-,32-30-. The van der Waals surface area contributed by atoms with Gasteiger partial charge in [0.25, 0.3) is 5.91 Å². The first-order valence-corrected chi connectivity index (χ1v) is 15.2. The summed E-state index contributed by atoms with van der Waals surface area (Å²) in [5, 5.41) is 1.22. The number of thioether (sulfide) groups is 1. The fourth-order valence-electron chi connectivity index (χ4n) is 4.48. The van der Waals surface area contributed by atoms with Crippen LogP contribution in [-0.2, 0) is 14.3 Å². The third-order valence-electron chi connectivity index (χ3n) is 6.32. The molecule has 0 atom stereocenters. The van der Waals surface area contributed by atoms with E-state index in [4.69, 9.17) is 14.5 Å². The Morgan fingerprint density at radius 3 is 2.67 bits per heavy atom. The highest BCUT2D eigenvalue weighted by atomic mass is 32.2. The van der Waals surface area contributed by atoms with Gasteiger partial charge >= 0.3 is 5.97 Å². The van der Waals surface area contributed by atoms with E-state index in [0.717, 1.165) is 41.0 Å². The molecule has 8 nitrogen and oxygen atoms in total. The molecule has 3 heterocycles. The van der Waals surface area contributed by atoms with Crippen LogP contribution in [0.4, 0.5) is 10.8 Å². The molecule has 2 aliphatic heterocycles. The zero-order valence-electron chi connectivity index (χ0n) is 22.8. The molecular formula is C30H32N4O4S2. The number of hydrogen-bond acceptors (Lipinski definition) is 9. The number of hydrogen-bond donors (Lipinski definition) is 0. The number of allylic oxidation sites excluding steroid dienone is 2. The number of ether oxygens (including phenoxy) is 2. The van der Waals surface area contributed by atoms with Gasteiger partial charge in [0.15, 0.2) is 10.9 Å². The van der Waals surface area contributed by atoms with Crippen LogP contribution in [0.25, 0.3) is 10.2 Å². The van der Waals surface area contributed by atoms with Crippen molar-refractivity contribution < 1.29 is 19.1 Å². The summed E-state index contributed by atoms with van der Waals surface area (Å²) in [6, 6.07) is 15.8. The molecule has 1 amide bonds. The highest BCUT2D eigenvalue weighted by molar-refractivity contribution is 8.18. The fourth-order valence-corrected chi connectivity index (χ4v) is 6.32. The zero-order chi connectivity index (χ0) is 28.1. The number of anilines is 1. The maximum Gasteiger partial charge on any atom is 0.306 e. The van der Waals surface area contributed by atoms with E-state index >= 15 is 0 Å². The third kappa shape index (κ3) is 6.39. The molecule has 1 saturated heterocycles. The number of benzene rings is 2. The molecule has 1 fully saturated rings. The lowest BCUT2D eigenvalue weighted by Crippen LogP contribution is -2.30. The van der Waals surface area contributed by atoms with Gasteiger partial charge in [0.05, 0.1) is 26.9 Å². The molecule has 0 saturated carbocycles. The van der Waals surface area contributed by atoms with Gasteiger partial charge in [-0.25, -0.2) is 4.98 Å². The summed E-state index contributed by atoms with van der Waals surface area (Å²) >= 11 is 2.84. The molecule has 2 aliphatic rings. The van der Waals surface area contributed by atoms with Gasteiger partial charge in [0.2, 0.25) is 11.0 Å². The molecule has 0 radical (unpaired) electrons. The minimum atomic E-state index is -0.184. The molecule has 0 spiro atoms. The Bertz CT molecular complexity index is 1460. The van der Waals surface area contributed by atoms with Gasteiger partial charge in [-0.1, -0.05) is 42.0 Å². The summed E-state index contributed by atoms with van der Waals surface area (Å²) in [6.07, 6.45) is 6.19. The summed E-state index contributed by atoms with van der Waals surface area (Å²) in [4.78, 5) is 39.2. The predicted molar refractivity (Wildman–Crippen MR) is 162 cm³/mol. The van der Waals surface area contributed by atoms with E-state index in [9.17, 15) is 9.59 Å². The Balaban J connectivity index is 1.33. The Morgan fingerprint density at radius 1 is 1.07 bits per heavy atom. The molecule has 2 aromatic carbocycles. The van der Waals surface area contributed by atoms with Crippen LogP contribution < -0.4 is 9.64 Å². The van der Waals surface area contributed by atoms with Crippen molar-refractivity contribution in [3.8, 4) is 5.75 Å². The van der Waals surface area contributed by atoms with Gasteiger partial charge in [-0.05, 0) is 75.7 Å². The quantitative estimate of drug-likeness (QED) is 0.146. The molecule has 5 rings (SSSR count). The second-order valence-corrected chi connectivity index (χ2v) is 11.6. The van der Waals surface area contributed by atoms with Crippen molar-refractivity contribution in [2.75, 3.05) is 18.0 Å². The van der Waals surface area contributed by atoms with Gasteiger partial charge in [0, 0.05) is 25.6 Å². The number of para-hydroxylation sites is 3. The number of aliphatic imine (C=N–C) groups is 1. The largest absolute Gasteiger partial charge is 0.463 e. The fraction of sp³-hybridized carbons (Fsp3) is 0.333. The van der Waals surface area contributed by atoms with Gasteiger partial charge < -0.3 is 14.4 Å². The summed E-state index contributed by atoms with van der Waals surface area (Å²) in [5.41, 5.74) is 1.90. The summed E-state index contributed by atoms with van der Waals surface area (Å²) in [7, 11) is 0. The van der Waals surface area contributed by atoms with Crippen molar-refractivity contribution in [2.24, 2.45) is 4.99 Å². The van der Waals surface area contributed by atoms with E-state index in [1.165, 1.54) is 23.1 Å². The van der Waals surface area contributed by atoms with Crippen LogP contribution in [0.2, 0.25) is 0 Å². The highest BCUT2D eigenvalue weighted by Crippen LogP contribution is 2.39. The van der Waals surface area contributed by atoms with Crippen molar-refractivity contribution in [3.63, 3.8) is 0 Å². The van der Waals surface area contributed by atoms with Crippen LogP contribution in [-0.4, -0.2) is 46.1 Å². The second-order valence-electron chi connectivity index (χ2n) is 9.62. The number of nitrogens with zero attached hydrogens (tertiary/aromatic N) is 4. The summed E-state index contributed by atoms with van der Waals surface area (Å²) in [6.45, 7) is 7.01. The first-order valence-electron chi connectivity index (χ1n) is 13.5. The van der Waals surface area contributed by atoms with Gasteiger partial charge in [-0.15, -0.1) is 0 Å². The van der Waals surface area contributed by atoms with Crippen molar-refractivity contribution >= 4 is 61.2 Å². The molecule has 3 aromatic rings. The lowest BCUT2D eigenvalue weighted by molar-refractivity contribution is -0.147. The number of unbranched alkanes of at least 4 members (excludes halogenated alkanes) is 2. The Kier molecular flexibility index (Phi) is 8.86. The van der Waals surface area contributed by atoms with Crippen LogP contribution in [0, 0.1) is 0 Å². The Hall–Kier alpha value is -3.63. The molecule has 1 aromatic heterocycles. The third-order valence-corrected chi connectivity index (χ3v) is 8.28. The maximum atomic E-state index is 13.5. The summed E-state index contributed by atoms with van der Waals surface area (Å²) in [5.74, 6) is 1.20. The van der Waals surface area contributed by atoms with E-state index in [1.54, 1.807) is 4.90 Å². The molecule has 0 aliphatic carbocycles. The number of rotatable bonds is 10.